The van der Waals surface area contributed by atoms with Gasteiger partial charge in [-0.15, -0.1) is 0 Å². The first-order valence-corrected chi connectivity index (χ1v) is 6.33. The molecule has 4 heteroatoms. The van der Waals surface area contributed by atoms with Crippen molar-refractivity contribution in [3.8, 4) is 0 Å². The summed E-state index contributed by atoms with van der Waals surface area (Å²) in [6.45, 7) is 4.99. The summed E-state index contributed by atoms with van der Waals surface area (Å²) in [5.74, 6) is 0.640. The van der Waals surface area contributed by atoms with E-state index in [-0.39, 0.29) is 0 Å². The Morgan fingerprint density at radius 2 is 1.88 bits per heavy atom. The molecule has 1 aromatic heterocycles. The highest BCUT2D eigenvalue weighted by molar-refractivity contribution is 7.10. The van der Waals surface area contributed by atoms with Gasteiger partial charge in [-0.25, -0.2) is 0 Å². The first-order chi connectivity index (χ1) is 8.08. The van der Waals surface area contributed by atoms with Gasteiger partial charge in [0.25, 0.3) is 0 Å². The highest BCUT2D eigenvalue weighted by atomic mass is 32.1. The zero-order valence-electron chi connectivity index (χ0n) is 10.4. The quantitative estimate of drug-likeness (QED) is 0.906. The van der Waals surface area contributed by atoms with Crippen molar-refractivity contribution in [3.05, 3.63) is 41.0 Å². The number of nitrogens with zero attached hydrogens (tertiary/aromatic N) is 2. The molecule has 17 heavy (non-hydrogen) atoms. The third kappa shape index (κ3) is 2.58. The van der Waals surface area contributed by atoms with Crippen LogP contribution in [0.5, 0.6) is 0 Å². The molecule has 2 aromatic rings. The van der Waals surface area contributed by atoms with Crippen molar-refractivity contribution >= 4 is 22.4 Å². The van der Waals surface area contributed by atoms with E-state index in [0.29, 0.717) is 5.82 Å². The van der Waals surface area contributed by atoms with Gasteiger partial charge in [-0.05, 0) is 30.9 Å². The molecule has 1 aromatic carbocycles. The zero-order chi connectivity index (χ0) is 12.4. The Hall–Kier alpha value is -1.55. The third-order valence-electron chi connectivity index (χ3n) is 2.82. The van der Waals surface area contributed by atoms with Crippen molar-refractivity contribution in [2.45, 2.75) is 20.4 Å². The van der Waals surface area contributed by atoms with E-state index in [1.54, 1.807) is 0 Å². The van der Waals surface area contributed by atoms with Crippen molar-refractivity contribution in [1.82, 2.24) is 4.37 Å². The molecule has 2 rings (SSSR count). The molecule has 0 aliphatic rings. The fraction of sp³-hybridized carbons (Fsp3) is 0.308. The minimum atomic E-state index is 0.640. The maximum absolute atomic E-state index is 5.76. The second-order valence-corrected chi connectivity index (χ2v) is 5.09. The van der Waals surface area contributed by atoms with Crippen molar-refractivity contribution in [3.63, 3.8) is 0 Å². The number of aromatic nitrogens is 1. The van der Waals surface area contributed by atoms with Crippen LogP contribution in [0.15, 0.2) is 24.3 Å². The van der Waals surface area contributed by atoms with E-state index in [1.807, 2.05) is 6.92 Å². The van der Waals surface area contributed by atoms with Crippen LogP contribution < -0.4 is 10.6 Å². The highest BCUT2D eigenvalue weighted by Gasteiger charge is 2.11. The van der Waals surface area contributed by atoms with E-state index in [1.165, 1.54) is 22.7 Å². The van der Waals surface area contributed by atoms with Gasteiger partial charge in [0.2, 0.25) is 0 Å². The lowest BCUT2D eigenvalue weighted by Crippen LogP contribution is -2.16. The van der Waals surface area contributed by atoms with Crippen LogP contribution in [0.1, 0.15) is 16.7 Å². The average Bonchev–Trinajstić information content (AvgIpc) is 2.63. The van der Waals surface area contributed by atoms with Gasteiger partial charge in [0.05, 0.1) is 0 Å². The molecule has 0 radical (unpaired) electrons. The van der Waals surface area contributed by atoms with Gasteiger partial charge in [-0.3, -0.25) is 0 Å². The molecule has 90 valence electrons. The fourth-order valence-electron chi connectivity index (χ4n) is 1.73. The normalized spacial score (nSPS) is 10.5. The second kappa shape index (κ2) is 4.75. The van der Waals surface area contributed by atoms with Crippen LogP contribution in [0, 0.1) is 13.8 Å². The molecule has 0 aliphatic heterocycles. The molecule has 0 atom stereocenters. The van der Waals surface area contributed by atoms with Crippen LogP contribution in [-0.2, 0) is 6.54 Å². The van der Waals surface area contributed by atoms with Crippen molar-refractivity contribution in [1.29, 1.82) is 0 Å². The average molecular weight is 247 g/mol. The number of benzene rings is 1. The predicted molar refractivity (Wildman–Crippen MR) is 74.5 cm³/mol. The summed E-state index contributed by atoms with van der Waals surface area (Å²) in [5.41, 5.74) is 9.42. The van der Waals surface area contributed by atoms with Crippen molar-refractivity contribution < 1.29 is 0 Å². The highest BCUT2D eigenvalue weighted by Crippen LogP contribution is 2.29. The monoisotopic (exact) mass is 247 g/mol. The Morgan fingerprint density at radius 1 is 1.24 bits per heavy atom. The lowest BCUT2D eigenvalue weighted by molar-refractivity contribution is 0.930. The molecule has 0 fully saturated rings. The molecular formula is C13H17N3S. The molecule has 2 N–H and O–H groups in total. The van der Waals surface area contributed by atoms with Gasteiger partial charge < -0.3 is 10.6 Å². The lowest BCUT2D eigenvalue weighted by atomic mass is 10.1. The van der Waals surface area contributed by atoms with E-state index < -0.39 is 0 Å². The van der Waals surface area contributed by atoms with E-state index in [9.17, 15) is 0 Å². The molecule has 3 nitrogen and oxygen atoms in total. The third-order valence-corrected chi connectivity index (χ3v) is 3.90. The lowest BCUT2D eigenvalue weighted by Gasteiger charge is -2.17. The Morgan fingerprint density at radius 3 is 2.41 bits per heavy atom. The van der Waals surface area contributed by atoms with Gasteiger partial charge in [0, 0.05) is 19.2 Å². The molecule has 0 aliphatic carbocycles. The van der Waals surface area contributed by atoms with Crippen LogP contribution in [0.2, 0.25) is 0 Å². The Balaban J connectivity index is 2.14. The molecule has 0 spiro atoms. The summed E-state index contributed by atoms with van der Waals surface area (Å²) >= 11 is 1.46. The molecule has 1 heterocycles. The molecular weight excluding hydrogens is 230 g/mol. The maximum Gasteiger partial charge on any atom is 0.142 e. The summed E-state index contributed by atoms with van der Waals surface area (Å²) in [7, 11) is 2.07. The van der Waals surface area contributed by atoms with Crippen LogP contribution >= 0.6 is 11.5 Å². The Kier molecular flexibility index (Phi) is 3.33. The summed E-state index contributed by atoms with van der Waals surface area (Å²) < 4.78 is 4.17. The van der Waals surface area contributed by atoms with Gasteiger partial charge in [0.15, 0.2) is 0 Å². The zero-order valence-corrected chi connectivity index (χ0v) is 11.2. The van der Waals surface area contributed by atoms with Gasteiger partial charge in [0.1, 0.15) is 10.8 Å². The minimum absolute atomic E-state index is 0.640. The number of anilines is 2. The minimum Gasteiger partial charge on any atom is -0.383 e. The van der Waals surface area contributed by atoms with Crippen LogP contribution in [-0.4, -0.2) is 11.4 Å². The van der Waals surface area contributed by atoms with Gasteiger partial charge >= 0.3 is 0 Å². The molecule has 0 amide bonds. The van der Waals surface area contributed by atoms with E-state index in [0.717, 1.165) is 17.1 Å². The van der Waals surface area contributed by atoms with Gasteiger partial charge in [-0.1, -0.05) is 29.8 Å². The smallest absolute Gasteiger partial charge is 0.142 e. The molecule has 0 bridgehead atoms. The molecule has 0 saturated carbocycles. The number of hydrogen-bond donors (Lipinski definition) is 1. The predicted octanol–water partition coefficient (Wildman–Crippen LogP) is 2.98. The standard InChI is InChI=1S/C13H17N3S/c1-9-4-6-11(7-5-9)8-16(3)13-10(2)12(14)15-17-13/h4-7H,8H2,1-3H3,(H2,14,15). The van der Waals surface area contributed by atoms with Crippen LogP contribution in [0.25, 0.3) is 0 Å². The topological polar surface area (TPSA) is 42.2 Å². The summed E-state index contributed by atoms with van der Waals surface area (Å²) in [5, 5.41) is 1.14. The van der Waals surface area contributed by atoms with Crippen molar-refractivity contribution in [2.24, 2.45) is 0 Å². The van der Waals surface area contributed by atoms with Gasteiger partial charge in [-0.2, -0.15) is 4.37 Å². The summed E-state index contributed by atoms with van der Waals surface area (Å²) in [4.78, 5) is 2.19. The number of aryl methyl sites for hydroxylation is 1. The van der Waals surface area contributed by atoms with E-state index in [2.05, 4.69) is 47.5 Å². The number of nitrogen functional groups attached to an aromatic ring is 1. The van der Waals surface area contributed by atoms with Crippen LogP contribution in [0.4, 0.5) is 10.8 Å². The largest absolute Gasteiger partial charge is 0.383 e. The molecule has 0 saturated heterocycles. The maximum atomic E-state index is 5.76. The first kappa shape index (κ1) is 11.9. The first-order valence-electron chi connectivity index (χ1n) is 5.56. The number of rotatable bonds is 3. The fourth-order valence-corrected chi connectivity index (χ4v) is 2.50. The SMILES string of the molecule is Cc1ccc(CN(C)c2snc(N)c2C)cc1. The Bertz CT molecular complexity index is 502. The van der Waals surface area contributed by atoms with E-state index >= 15 is 0 Å². The Labute approximate surface area is 106 Å². The number of hydrogen-bond acceptors (Lipinski definition) is 4. The molecule has 0 unspecified atom stereocenters. The van der Waals surface area contributed by atoms with E-state index in [4.69, 9.17) is 5.73 Å². The second-order valence-electron chi connectivity index (χ2n) is 4.34. The summed E-state index contributed by atoms with van der Waals surface area (Å²) in [6, 6.07) is 8.59. The van der Waals surface area contributed by atoms with Crippen LogP contribution in [0.3, 0.4) is 0 Å². The number of nitrogens with two attached hydrogens (primary N) is 1. The summed E-state index contributed by atoms with van der Waals surface area (Å²) in [6.07, 6.45) is 0. The van der Waals surface area contributed by atoms with Crippen molar-refractivity contribution in [2.75, 3.05) is 17.7 Å².